The fourth-order valence-corrected chi connectivity index (χ4v) is 1.41. The van der Waals surface area contributed by atoms with Crippen molar-refractivity contribution in [1.82, 2.24) is 0 Å². The molecule has 0 aromatic heterocycles. The predicted molar refractivity (Wildman–Crippen MR) is 71.8 cm³/mol. The van der Waals surface area contributed by atoms with E-state index < -0.39 is 17.5 Å². The Balaban J connectivity index is 0.00000400. The molecule has 0 saturated heterocycles. The van der Waals surface area contributed by atoms with E-state index in [0.717, 1.165) is 26.0 Å². The summed E-state index contributed by atoms with van der Waals surface area (Å²) in [4.78, 5) is 22.1. The fourth-order valence-electron chi connectivity index (χ4n) is 1.41. The molecule has 0 aliphatic carbocycles. The molecule has 0 unspecified atom stereocenters. The third-order valence-electron chi connectivity index (χ3n) is 2.55. The van der Waals surface area contributed by atoms with Crippen molar-refractivity contribution in [3.63, 3.8) is 0 Å². The van der Waals surface area contributed by atoms with Crippen LogP contribution in [-0.2, 0) is 14.3 Å². The summed E-state index contributed by atoms with van der Waals surface area (Å²) < 4.78 is 9.69. The van der Waals surface area contributed by atoms with Crippen molar-refractivity contribution in [2.75, 3.05) is 13.7 Å². The Morgan fingerprint density at radius 3 is 2.38 bits per heavy atom. The van der Waals surface area contributed by atoms with Gasteiger partial charge in [-0.1, -0.05) is 31.2 Å². The Labute approximate surface area is 166 Å². The average molecular weight is 316 g/mol. The number of ether oxygens (including phenoxy) is 2. The Morgan fingerprint density at radius 1 is 1.24 bits per heavy atom. The van der Waals surface area contributed by atoms with Crippen molar-refractivity contribution >= 4 is 17.5 Å². The number of carbonyl (C=O) groups is 2. The Hall–Kier alpha value is -0.664. The van der Waals surface area contributed by atoms with E-state index in [9.17, 15) is 14.7 Å². The molecule has 0 spiro atoms. The van der Waals surface area contributed by atoms with Gasteiger partial charge < -0.3 is 14.6 Å². The molecule has 0 aliphatic rings. The summed E-state index contributed by atoms with van der Waals surface area (Å²) in [5.74, 6) is -1.91. The molecule has 0 aliphatic heterocycles. The van der Waals surface area contributed by atoms with Crippen LogP contribution in [0.4, 0.5) is 0 Å². The zero-order valence-electron chi connectivity index (χ0n) is 12.5. The van der Waals surface area contributed by atoms with E-state index in [1.165, 1.54) is 0 Å². The topological polar surface area (TPSA) is 75.7 Å². The molecule has 0 N–H and O–H groups in total. The van der Waals surface area contributed by atoms with Gasteiger partial charge in [-0.2, -0.15) is 0 Å². The second kappa shape index (κ2) is 11.0. The number of esters is 1. The van der Waals surface area contributed by atoms with Gasteiger partial charge in [0.25, 0.3) is 5.78 Å². The van der Waals surface area contributed by atoms with Crippen LogP contribution in [0.3, 0.4) is 0 Å². The largest absolute Gasteiger partial charge is 1.00 e. The van der Waals surface area contributed by atoms with Crippen molar-refractivity contribution in [1.29, 1.82) is 0 Å². The van der Waals surface area contributed by atoms with Crippen LogP contribution in [0.2, 0.25) is 0 Å². The monoisotopic (exact) mass is 316 g/mol. The second-order valence-electron chi connectivity index (χ2n) is 4.09. The molecule has 21 heavy (non-hydrogen) atoms. The smallest absolute Gasteiger partial charge is 0.872 e. The number of unbranched alkanes of at least 4 members (excludes halogenated alkanes) is 1. The van der Waals surface area contributed by atoms with Gasteiger partial charge in [-0.05, 0) is 30.2 Å². The first-order valence-corrected chi connectivity index (χ1v) is 6.32. The van der Waals surface area contributed by atoms with E-state index in [1.54, 1.807) is 24.3 Å². The van der Waals surface area contributed by atoms with Gasteiger partial charge in [-0.3, -0.25) is 4.79 Å². The van der Waals surface area contributed by atoms with E-state index in [1.807, 2.05) is 0 Å². The van der Waals surface area contributed by atoms with Gasteiger partial charge in [-0.15, -0.1) is 0 Å². The molecule has 0 bridgehead atoms. The molecule has 0 heterocycles. The SMILES string of the molecule is CCCCOc1ccc(/C([O-])=C/C(=O)C(=O)OC)cc1.[K+]. The van der Waals surface area contributed by atoms with Crippen molar-refractivity contribution in [2.45, 2.75) is 19.8 Å². The maximum atomic E-state index is 11.7. The van der Waals surface area contributed by atoms with E-state index >= 15 is 0 Å². The van der Waals surface area contributed by atoms with Gasteiger partial charge in [0.05, 0.1) is 13.7 Å². The van der Waals surface area contributed by atoms with E-state index in [-0.39, 0.29) is 51.4 Å². The van der Waals surface area contributed by atoms with Crippen LogP contribution < -0.4 is 61.2 Å². The van der Waals surface area contributed by atoms with Gasteiger partial charge in [0.2, 0.25) is 0 Å². The van der Waals surface area contributed by atoms with Crippen molar-refractivity contribution < 1.29 is 75.6 Å². The number of hydrogen-bond acceptors (Lipinski definition) is 5. The van der Waals surface area contributed by atoms with Gasteiger partial charge in [0.15, 0.2) is 0 Å². The Kier molecular flexibility index (Phi) is 10.6. The van der Waals surface area contributed by atoms with Crippen LogP contribution in [0.5, 0.6) is 5.75 Å². The summed E-state index contributed by atoms with van der Waals surface area (Å²) in [6, 6.07) is 6.40. The standard InChI is InChI=1S/C15H18O5.K/c1-3-4-9-20-12-7-5-11(6-8-12)13(16)10-14(17)15(18)19-2;/h5-8,10,16H,3-4,9H2,1-2H3;/q;+1/p-1/b13-10-;. The van der Waals surface area contributed by atoms with E-state index in [0.29, 0.717) is 17.9 Å². The minimum Gasteiger partial charge on any atom is -0.872 e. The molecule has 0 fully saturated rings. The van der Waals surface area contributed by atoms with Gasteiger partial charge in [0.1, 0.15) is 5.75 Å². The molecule has 1 rings (SSSR count). The number of rotatable bonds is 7. The number of benzene rings is 1. The van der Waals surface area contributed by atoms with Crippen LogP contribution in [0.1, 0.15) is 25.3 Å². The zero-order valence-corrected chi connectivity index (χ0v) is 15.7. The van der Waals surface area contributed by atoms with Crippen LogP contribution in [0.25, 0.3) is 5.76 Å². The average Bonchev–Trinajstić information content (AvgIpc) is 2.47. The van der Waals surface area contributed by atoms with Gasteiger partial charge >= 0.3 is 57.4 Å². The molecule has 5 nitrogen and oxygen atoms in total. The summed E-state index contributed by atoms with van der Waals surface area (Å²) in [7, 11) is 1.08. The summed E-state index contributed by atoms with van der Waals surface area (Å²) in [5, 5.41) is 11.7. The molecule has 0 radical (unpaired) electrons. The quantitative estimate of drug-likeness (QED) is 0.150. The minimum atomic E-state index is -1.06. The molecule has 1 aromatic rings. The molecule has 1 aromatic carbocycles. The van der Waals surface area contributed by atoms with Gasteiger partial charge in [0, 0.05) is 0 Å². The third-order valence-corrected chi connectivity index (χ3v) is 2.55. The summed E-state index contributed by atoms with van der Waals surface area (Å²) in [6.07, 6.45) is 2.72. The normalized spacial score (nSPS) is 10.5. The van der Waals surface area contributed by atoms with Crippen LogP contribution >= 0.6 is 0 Å². The van der Waals surface area contributed by atoms with Crippen LogP contribution in [-0.4, -0.2) is 25.5 Å². The third kappa shape index (κ3) is 7.24. The molecule has 108 valence electrons. The number of carbonyl (C=O) groups excluding carboxylic acids is 2. The summed E-state index contributed by atoms with van der Waals surface area (Å²) in [6.45, 7) is 2.69. The van der Waals surface area contributed by atoms with E-state index in [2.05, 4.69) is 11.7 Å². The van der Waals surface area contributed by atoms with Crippen molar-refractivity contribution in [2.24, 2.45) is 0 Å². The maximum absolute atomic E-state index is 11.7. The molecule has 0 saturated carbocycles. The molecule has 0 amide bonds. The molecular formula is C15H17KO5. The zero-order chi connectivity index (χ0) is 15.0. The van der Waals surface area contributed by atoms with Gasteiger partial charge in [-0.25, -0.2) is 4.79 Å². The first kappa shape index (κ1) is 20.3. The fraction of sp³-hybridized carbons (Fsp3) is 0.333. The Morgan fingerprint density at radius 2 is 1.86 bits per heavy atom. The number of methoxy groups -OCH3 is 1. The first-order valence-electron chi connectivity index (χ1n) is 6.32. The summed E-state index contributed by atoms with van der Waals surface area (Å²) >= 11 is 0. The summed E-state index contributed by atoms with van der Waals surface area (Å²) in [5.41, 5.74) is 0.310. The Bertz CT molecular complexity index is 493. The first-order chi connectivity index (χ1) is 9.58. The van der Waals surface area contributed by atoms with E-state index in [4.69, 9.17) is 4.74 Å². The molecule has 0 atom stereocenters. The minimum absolute atomic E-state index is 0. The number of hydrogen-bond donors (Lipinski definition) is 0. The predicted octanol–water partition coefficient (Wildman–Crippen LogP) is -1.69. The second-order valence-corrected chi connectivity index (χ2v) is 4.09. The van der Waals surface area contributed by atoms with Crippen molar-refractivity contribution in [3.05, 3.63) is 35.9 Å². The van der Waals surface area contributed by atoms with Crippen LogP contribution in [0, 0.1) is 0 Å². The van der Waals surface area contributed by atoms with Crippen molar-refractivity contribution in [3.8, 4) is 5.75 Å². The maximum Gasteiger partial charge on any atom is 1.00 e. The van der Waals surface area contributed by atoms with Crippen LogP contribution in [0.15, 0.2) is 30.3 Å². The number of ketones is 1. The molecule has 6 heteroatoms. The molecular weight excluding hydrogens is 299 g/mol.